The van der Waals surface area contributed by atoms with Crippen LogP contribution in [-0.2, 0) is 11.8 Å². The van der Waals surface area contributed by atoms with Crippen LogP contribution in [0.5, 0.6) is 0 Å². The van der Waals surface area contributed by atoms with Crippen LogP contribution in [0.2, 0.25) is 0 Å². The van der Waals surface area contributed by atoms with Gasteiger partial charge >= 0.3 is 0 Å². The molecule has 0 amide bonds. The number of aryl methyl sites for hydroxylation is 2. The summed E-state index contributed by atoms with van der Waals surface area (Å²) in [5.74, 6) is 0.760. The highest BCUT2D eigenvalue weighted by molar-refractivity contribution is 9.10. The van der Waals surface area contributed by atoms with Crippen molar-refractivity contribution in [3.63, 3.8) is 0 Å². The molecule has 3 aromatic rings. The summed E-state index contributed by atoms with van der Waals surface area (Å²) in [5, 5.41) is 0. The third-order valence-corrected chi connectivity index (χ3v) is 8.81. The SMILES string of the molecule is CCCCCCc1cc(C)cc(C2(CCCCCCCl)c3cc(Br)ccc3-c3ccc(Br)cc32)c1. The van der Waals surface area contributed by atoms with Gasteiger partial charge in [-0.25, -0.2) is 0 Å². The molecule has 3 aromatic carbocycles. The highest BCUT2D eigenvalue weighted by Crippen LogP contribution is 2.56. The van der Waals surface area contributed by atoms with E-state index in [0.29, 0.717) is 0 Å². The van der Waals surface area contributed by atoms with Crippen LogP contribution in [0.3, 0.4) is 0 Å². The van der Waals surface area contributed by atoms with Gasteiger partial charge in [0.1, 0.15) is 0 Å². The minimum absolute atomic E-state index is 0.136. The fourth-order valence-corrected chi connectivity index (χ4v) is 6.84. The summed E-state index contributed by atoms with van der Waals surface area (Å²) in [4.78, 5) is 0. The van der Waals surface area contributed by atoms with E-state index in [2.05, 4.69) is 100 Å². The fraction of sp³-hybridized carbons (Fsp3) is 0.438. The molecule has 0 aliphatic heterocycles. The molecule has 4 rings (SSSR count). The van der Waals surface area contributed by atoms with E-state index in [1.807, 2.05) is 0 Å². The molecule has 0 heterocycles. The van der Waals surface area contributed by atoms with E-state index in [-0.39, 0.29) is 5.41 Å². The molecule has 1 aliphatic rings. The molecule has 186 valence electrons. The van der Waals surface area contributed by atoms with Gasteiger partial charge in [-0.3, -0.25) is 0 Å². The van der Waals surface area contributed by atoms with Crippen molar-refractivity contribution in [3.05, 3.63) is 91.4 Å². The van der Waals surface area contributed by atoms with Crippen molar-refractivity contribution in [2.24, 2.45) is 0 Å². The lowest BCUT2D eigenvalue weighted by Crippen LogP contribution is -2.27. The van der Waals surface area contributed by atoms with Crippen molar-refractivity contribution in [2.75, 3.05) is 5.88 Å². The normalized spacial score (nSPS) is 13.6. The first-order valence-corrected chi connectivity index (χ1v) is 15.4. The number of fused-ring (bicyclic) bond motifs is 3. The van der Waals surface area contributed by atoms with Crippen LogP contribution in [0.15, 0.2) is 63.5 Å². The Bertz CT molecular complexity index is 1100. The largest absolute Gasteiger partial charge is 0.127 e. The molecular formula is C32H37Br2Cl. The maximum absolute atomic E-state index is 5.99. The van der Waals surface area contributed by atoms with Gasteiger partial charge in [-0.05, 0) is 90.3 Å². The number of hydrogen-bond acceptors (Lipinski definition) is 0. The predicted molar refractivity (Wildman–Crippen MR) is 160 cm³/mol. The summed E-state index contributed by atoms with van der Waals surface area (Å²) in [6.45, 7) is 4.55. The summed E-state index contributed by atoms with van der Waals surface area (Å²) in [6.07, 6.45) is 12.2. The zero-order chi connectivity index (χ0) is 24.8. The lowest BCUT2D eigenvalue weighted by molar-refractivity contribution is 0.515. The monoisotopic (exact) mass is 614 g/mol. The maximum atomic E-state index is 5.99. The number of hydrogen-bond donors (Lipinski definition) is 0. The standard InChI is InChI=1S/C32H37Br2Cl/c1-3-4-5-8-11-24-18-23(2)19-25(20-24)32(16-9-6-7-10-17-35)30-21-26(33)12-14-28(30)29-15-13-27(34)22-31(29)32/h12-15,18-22H,3-11,16-17H2,1-2H3. The second-order valence-electron chi connectivity index (χ2n) is 10.2. The first-order valence-electron chi connectivity index (χ1n) is 13.3. The van der Waals surface area contributed by atoms with Crippen LogP contribution in [0.4, 0.5) is 0 Å². The zero-order valence-corrected chi connectivity index (χ0v) is 25.0. The van der Waals surface area contributed by atoms with Crippen LogP contribution in [-0.4, -0.2) is 5.88 Å². The van der Waals surface area contributed by atoms with Crippen molar-refractivity contribution in [2.45, 2.75) is 83.5 Å². The third-order valence-electron chi connectivity index (χ3n) is 7.56. The van der Waals surface area contributed by atoms with Crippen LogP contribution in [0.25, 0.3) is 11.1 Å². The lowest BCUT2D eigenvalue weighted by atomic mass is 9.68. The lowest BCUT2D eigenvalue weighted by Gasteiger charge is -2.34. The van der Waals surface area contributed by atoms with E-state index in [1.165, 1.54) is 83.9 Å². The zero-order valence-electron chi connectivity index (χ0n) is 21.1. The van der Waals surface area contributed by atoms with E-state index < -0.39 is 0 Å². The Morgan fingerprint density at radius 1 is 0.714 bits per heavy atom. The Morgan fingerprint density at radius 2 is 1.34 bits per heavy atom. The van der Waals surface area contributed by atoms with Crippen molar-refractivity contribution in [1.82, 2.24) is 0 Å². The van der Waals surface area contributed by atoms with Gasteiger partial charge in [-0.15, -0.1) is 11.6 Å². The van der Waals surface area contributed by atoms with E-state index in [9.17, 15) is 0 Å². The Balaban J connectivity index is 1.84. The molecule has 0 atom stereocenters. The minimum atomic E-state index is -0.136. The molecule has 0 radical (unpaired) electrons. The number of halogens is 3. The van der Waals surface area contributed by atoms with Gasteiger partial charge in [0.05, 0.1) is 0 Å². The molecule has 3 heteroatoms. The van der Waals surface area contributed by atoms with Crippen LogP contribution in [0.1, 0.15) is 92.5 Å². The van der Waals surface area contributed by atoms with E-state index in [4.69, 9.17) is 11.6 Å². The molecule has 0 fully saturated rings. The summed E-state index contributed by atoms with van der Waals surface area (Å²) in [6, 6.07) is 21.1. The van der Waals surface area contributed by atoms with E-state index in [1.54, 1.807) is 0 Å². The van der Waals surface area contributed by atoms with Gasteiger partial charge in [0.25, 0.3) is 0 Å². The van der Waals surface area contributed by atoms with Crippen LogP contribution >= 0.6 is 43.5 Å². The molecule has 0 saturated heterocycles. The summed E-state index contributed by atoms with van der Waals surface area (Å²) in [7, 11) is 0. The first kappa shape index (κ1) is 27.0. The average Bonchev–Trinajstić information content (AvgIpc) is 3.10. The number of benzene rings is 3. The number of unbranched alkanes of at least 4 members (excludes halogenated alkanes) is 6. The van der Waals surface area contributed by atoms with Gasteiger partial charge < -0.3 is 0 Å². The van der Waals surface area contributed by atoms with Crippen LogP contribution in [0, 0.1) is 6.92 Å². The van der Waals surface area contributed by atoms with Gasteiger partial charge in [0.2, 0.25) is 0 Å². The molecule has 0 spiro atoms. The van der Waals surface area contributed by atoms with Gasteiger partial charge in [-0.1, -0.05) is 113 Å². The second kappa shape index (κ2) is 12.4. The molecule has 0 aromatic heterocycles. The Hall–Kier alpha value is -1.09. The molecule has 0 N–H and O–H groups in total. The summed E-state index contributed by atoms with van der Waals surface area (Å²) < 4.78 is 2.31. The molecular weight excluding hydrogens is 580 g/mol. The molecule has 0 nitrogen and oxygen atoms in total. The van der Waals surface area contributed by atoms with Crippen molar-refractivity contribution in [1.29, 1.82) is 0 Å². The smallest absolute Gasteiger partial charge is 0.0464 e. The molecule has 0 saturated carbocycles. The highest BCUT2D eigenvalue weighted by atomic mass is 79.9. The third kappa shape index (κ3) is 5.91. The second-order valence-corrected chi connectivity index (χ2v) is 12.4. The number of alkyl halides is 1. The average molecular weight is 617 g/mol. The highest BCUT2D eigenvalue weighted by Gasteiger charge is 2.44. The topological polar surface area (TPSA) is 0 Å². The Labute approximate surface area is 234 Å². The summed E-state index contributed by atoms with van der Waals surface area (Å²) in [5.41, 5.74) is 9.82. The predicted octanol–water partition coefficient (Wildman–Crippen LogP) is 11.1. The molecule has 0 bridgehead atoms. The van der Waals surface area contributed by atoms with E-state index >= 15 is 0 Å². The van der Waals surface area contributed by atoms with Gasteiger partial charge in [0, 0.05) is 20.2 Å². The van der Waals surface area contributed by atoms with E-state index in [0.717, 1.165) is 34.1 Å². The van der Waals surface area contributed by atoms with Crippen molar-refractivity contribution >= 4 is 43.5 Å². The van der Waals surface area contributed by atoms with Crippen molar-refractivity contribution in [3.8, 4) is 11.1 Å². The van der Waals surface area contributed by atoms with Crippen LogP contribution < -0.4 is 0 Å². The first-order chi connectivity index (χ1) is 17.0. The summed E-state index contributed by atoms with van der Waals surface area (Å²) >= 11 is 13.6. The molecule has 0 unspecified atom stereocenters. The number of rotatable bonds is 12. The quantitative estimate of drug-likeness (QED) is 0.140. The Morgan fingerprint density at radius 3 is 1.97 bits per heavy atom. The van der Waals surface area contributed by atoms with Gasteiger partial charge in [-0.2, -0.15) is 0 Å². The van der Waals surface area contributed by atoms with Crippen molar-refractivity contribution < 1.29 is 0 Å². The van der Waals surface area contributed by atoms with Gasteiger partial charge in [0.15, 0.2) is 0 Å². The molecule has 35 heavy (non-hydrogen) atoms. The molecule has 1 aliphatic carbocycles. The maximum Gasteiger partial charge on any atom is 0.0464 e. The minimum Gasteiger partial charge on any atom is -0.127 e. The Kier molecular flexibility index (Phi) is 9.58. The fourth-order valence-electron chi connectivity index (χ4n) is 5.93.